The molecule has 1 aliphatic rings. The van der Waals surface area contributed by atoms with Gasteiger partial charge in [-0.25, -0.2) is 4.68 Å². The second-order valence-electron chi connectivity index (χ2n) is 6.69. The molecule has 0 atom stereocenters. The number of halogens is 2. The van der Waals surface area contributed by atoms with E-state index in [1.807, 2.05) is 35.0 Å². The lowest BCUT2D eigenvalue weighted by Crippen LogP contribution is -2.07. The summed E-state index contributed by atoms with van der Waals surface area (Å²) < 4.78 is 7.22. The number of anilines is 1. The number of rotatable bonds is 4. The van der Waals surface area contributed by atoms with Crippen LogP contribution in [0.3, 0.4) is 0 Å². The van der Waals surface area contributed by atoms with Crippen molar-refractivity contribution in [1.82, 2.24) is 9.78 Å². The van der Waals surface area contributed by atoms with Crippen LogP contribution in [0.5, 0.6) is 5.75 Å². The Labute approximate surface area is 169 Å². The fourth-order valence-electron chi connectivity index (χ4n) is 3.46. The molecule has 0 saturated heterocycles. The molecule has 1 aliphatic heterocycles. The second-order valence-corrected chi connectivity index (χ2v) is 7.51. The normalized spacial score (nSPS) is 13.6. The van der Waals surface area contributed by atoms with E-state index in [-0.39, 0.29) is 0 Å². The van der Waals surface area contributed by atoms with Crippen LogP contribution in [0.15, 0.2) is 42.5 Å². The zero-order chi connectivity index (χ0) is 18.8. The molecule has 0 radical (unpaired) electrons. The van der Waals surface area contributed by atoms with Gasteiger partial charge in [0.2, 0.25) is 0 Å². The lowest BCUT2D eigenvalue weighted by atomic mass is 10.0. The number of benzene rings is 2. The molecular formula is C21H21Cl2N3O. The van der Waals surface area contributed by atoms with Crippen LogP contribution in [0.2, 0.25) is 10.0 Å². The highest BCUT2D eigenvalue weighted by atomic mass is 35.5. The molecular weight excluding hydrogens is 381 g/mol. The highest BCUT2D eigenvalue weighted by Gasteiger charge is 2.21. The van der Waals surface area contributed by atoms with Crippen LogP contribution < -0.4 is 10.1 Å². The van der Waals surface area contributed by atoms with Gasteiger partial charge in [-0.3, -0.25) is 0 Å². The van der Waals surface area contributed by atoms with Crippen molar-refractivity contribution in [2.24, 2.45) is 0 Å². The summed E-state index contributed by atoms with van der Waals surface area (Å²) in [5.74, 6) is 1.93. The number of aromatic nitrogens is 2. The van der Waals surface area contributed by atoms with Crippen molar-refractivity contribution in [2.75, 3.05) is 19.0 Å². The Morgan fingerprint density at radius 2 is 1.89 bits per heavy atom. The third-order valence-corrected chi connectivity index (χ3v) is 5.63. The summed E-state index contributed by atoms with van der Waals surface area (Å²) in [5.41, 5.74) is 4.50. The number of ether oxygens (including phenoxy) is 1. The lowest BCUT2D eigenvalue weighted by Gasteiger charge is -2.10. The molecule has 140 valence electrons. The van der Waals surface area contributed by atoms with E-state index in [4.69, 9.17) is 33.0 Å². The Morgan fingerprint density at radius 1 is 1.07 bits per heavy atom. The molecule has 2 aromatic carbocycles. The van der Waals surface area contributed by atoms with Gasteiger partial charge in [-0.2, -0.15) is 5.10 Å². The van der Waals surface area contributed by atoms with E-state index in [2.05, 4.69) is 17.4 Å². The molecule has 1 aromatic heterocycles. The minimum Gasteiger partial charge on any atom is -0.497 e. The molecule has 2 heterocycles. The van der Waals surface area contributed by atoms with E-state index in [0.717, 1.165) is 55.2 Å². The zero-order valence-electron chi connectivity index (χ0n) is 15.1. The van der Waals surface area contributed by atoms with Crippen LogP contribution in [-0.4, -0.2) is 23.4 Å². The Balaban J connectivity index is 1.75. The van der Waals surface area contributed by atoms with Crippen LogP contribution in [-0.2, 0) is 12.8 Å². The number of hydrogen-bond donors (Lipinski definition) is 1. The molecule has 0 spiro atoms. The Hall–Kier alpha value is -2.17. The molecule has 1 N–H and O–H groups in total. The van der Waals surface area contributed by atoms with Crippen LogP contribution in [0.4, 0.5) is 5.82 Å². The lowest BCUT2D eigenvalue weighted by molar-refractivity contribution is 0.414. The third-order valence-electron chi connectivity index (χ3n) is 4.89. The van der Waals surface area contributed by atoms with Crippen molar-refractivity contribution in [3.8, 4) is 11.4 Å². The Kier molecular flexibility index (Phi) is 5.28. The molecule has 0 bridgehead atoms. The number of fused-ring (bicyclic) bond motifs is 1. The number of methoxy groups -OCH3 is 1. The summed E-state index contributed by atoms with van der Waals surface area (Å²) in [6.45, 7) is 0.946. The highest BCUT2D eigenvalue weighted by molar-refractivity contribution is 6.42. The van der Waals surface area contributed by atoms with Gasteiger partial charge in [-0.15, -0.1) is 0 Å². The molecule has 0 aliphatic carbocycles. The van der Waals surface area contributed by atoms with E-state index in [1.165, 1.54) is 11.1 Å². The fourth-order valence-corrected chi connectivity index (χ4v) is 3.75. The van der Waals surface area contributed by atoms with Gasteiger partial charge >= 0.3 is 0 Å². The van der Waals surface area contributed by atoms with Gasteiger partial charge in [0.1, 0.15) is 11.6 Å². The number of hydrogen-bond acceptors (Lipinski definition) is 3. The highest BCUT2D eigenvalue weighted by Crippen LogP contribution is 2.32. The molecule has 4 rings (SSSR count). The zero-order valence-corrected chi connectivity index (χ0v) is 16.6. The summed E-state index contributed by atoms with van der Waals surface area (Å²) >= 11 is 12.3. The van der Waals surface area contributed by atoms with Crippen molar-refractivity contribution < 1.29 is 4.74 Å². The fraction of sp³-hybridized carbons (Fsp3) is 0.286. The van der Waals surface area contributed by atoms with Crippen molar-refractivity contribution in [3.63, 3.8) is 0 Å². The maximum absolute atomic E-state index is 6.24. The first-order chi connectivity index (χ1) is 13.2. The van der Waals surface area contributed by atoms with Crippen LogP contribution in [0.1, 0.15) is 29.7 Å². The van der Waals surface area contributed by atoms with Gasteiger partial charge in [0, 0.05) is 18.5 Å². The summed E-state index contributed by atoms with van der Waals surface area (Å²) in [6.07, 6.45) is 4.11. The molecule has 27 heavy (non-hydrogen) atoms. The number of nitrogens with zero attached hydrogens (tertiary/aromatic N) is 2. The van der Waals surface area contributed by atoms with E-state index in [0.29, 0.717) is 10.0 Å². The van der Waals surface area contributed by atoms with E-state index in [9.17, 15) is 0 Å². The first kappa shape index (κ1) is 18.2. The van der Waals surface area contributed by atoms with Crippen LogP contribution in [0.25, 0.3) is 5.69 Å². The van der Waals surface area contributed by atoms with Gasteiger partial charge < -0.3 is 10.1 Å². The van der Waals surface area contributed by atoms with Gasteiger partial charge in [-0.05, 0) is 55.2 Å². The summed E-state index contributed by atoms with van der Waals surface area (Å²) in [4.78, 5) is 0. The minimum atomic E-state index is 0.531. The monoisotopic (exact) mass is 401 g/mol. The average molecular weight is 402 g/mol. The van der Waals surface area contributed by atoms with Gasteiger partial charge in [-0.1, -0.05) is 35.3 Å². The quantitative estimate of drug-likeness (QED) is 0.624. The van der Waals surface area contributed by atoms with Crippen molar-refractivity contribution in [3.05, 3.63) is 69.3 Å². The van der Waals surface area contributed by atoms with Crippen LogP contribution in [0, 0.1) is 0 Å². The predicted molar refractivity (Wildman–Crippen MR) is 111 cm³/mol. The average Bonchev–Trinajstić information content (AvgIpc) is 2.86. The summed E-state index contributed by atoms with van der Waals surface area (Å²) in [7, 11) is 1.68. The molecule has 0 fully saturated rings. The minimum absolute atomic E-state index is 0.531. The topological polar surface area (TPSA) is 39.1 Å². The van der Waals surface area contributed by atoms with Crippen molar-refractivity contribution in [2.45, 2.75) is 25.7 Å². The molecule has 4 nitrogen and oxygen atoms in total. The first-order valence-corrected chi connectivity index (χ1v) is 9.84. The molecule has 0 amide bonds. The van der Waals surface area contributed by atoms with E-state index < -0.39 is 0 Å². The van der Waals surface area contributed by atoms with E-state index in [1.54, 1.807) is 7.11 Å². The largest absolute Gasteiger partial charge is 0.497 e. The third kappa shape index (κ3) is 3.78. The standard InChI is InChI=1S/C21H21Cl2N3O/c1-27-16-8-5-14(6-9-16)12-20-17-4-2-3-11-24-21(17)26(25-20)15-7-10-18(22)19(23)13-15/h5-10,13,24H,2-4,11-12H2,1H3. The van der Waals surface area contributed by atoms with Gasteiger partial charge in [0.15, 0.2) is 0 Å². The predicted octanol–water partition coefficient (Wildman–Crippen LogP) is 5.53. The second kappa shape index (κ2) is 7.83. The summed E-state index contributed by atoms with van der Waals surface area (Å²) in [6, 6.07) is 13.8. The maximum Gasteiger partial charge on any atom is 0.133 e. The van der Waals surface area contributed by atoms with Crippen LogP contribution >= 0.6 is 23.2 Å². The maximum atomic E-state index is 6.24. The molecule has 0 unspecified atom stereocenters. The Morgan fingerprint density at radius 3 is 2.63 bits per heavy atom. The molecule has 0 saturated carbocycles. The van der Waals surface area contributed by atoms with Gasteiger partial charge in [0.05, 0.1) is 28.5 Å². The SMILES string of the molecule is COc1ccc(Cc2nn(-c3ccc(Cl)c(Cl)c3)c3c2CCCCN3)cc1. The van der Waals surface area contributed by atoms with Crippen molar-refractivity contribution >= 4 is 29.0 Å². The van der Waals surface area contributed by atoms with E-state index >= 15 is 0 Å². The Bertz CT molecular complexity index is 951. The molecule has 6 heteroatoms. The number of nitrogens with one attached hydrogen (secondary N) is 1. The summed E-state index contributed by atoms with van der Waals surface area (Å²) in [5, 5.41) is 9.57. The molecule has 3 aromatic rings. The first-order valence-electron chi connectivity index (χ1n) is 9.08. The van der Waals surface area contributed by atoms with Crippen molar-refractivity contribution in [1.29, 1.82) is 0 Å². The smallest absolute Gasteiger partial charge is 0.133 e. The van der Waals surface area contributed by atoms with Gasteiger partial charge in [0.25, 0.3) is 0 Å².